The van der Waals surface area contributed by atoms with Gasteiger partial charge in [-0.3, -0.25) is 4.55 Å². The Bertz CT molecular complexity index is 1260. The van der Waals surface area contributed by atoms with Crippen LogP contribution in [0.2, 0.25) is 0 Å². The molecule has 0 aliphatic rings. The van der Waals surface area contributed by atoms with Crippen LogP contribution >= 0.6 is 11.8 Å². The average Bonchev–Trinajstić information content (AvgIpc) is 3.30. The van der Waals surface area contributed by atoms with E-state index < -0.39 is 85.5 Å². The second kappa shape index (κ2) is 14.0. The first-order valence-electron chi connectivity index (χ1n) is 12.8. The summed E-state index contributed by atoms with van der Waals surface area (Å²) in [4.78, 5) is 0. The molecule has 0 saturated heterocycles. The average molecular weight is 754 g/mol. The topological polar surface area (TPSA) is 63.2 Å². The molecule has 0 fully saturated rings. The second-order valence-corrected chi connectivity index (χ2v) is 12.5. The summed E-state index contributed by atoms with van der Waals surface area (Å²) < 4.78 is 264. The highest BCUT2D eigenvalue weighted by Gasteiger charge is 2.96. The third kappa shape index (κ3) is 7.77. The number of thioether (sulfide) groups is 1. The molecule has 0 saturated carbocycles. The number of halogens is 17. The van der Waals surface area contributed by atoms with E-state index in [0.29, 0.717) is 30.0 Å². The van der Waals surface area contributed by atoms with Gasteiger partial charge in [0.2, 0.25) is 0 Å². The first kappa shape index (κ1) is 42.3. The number of nitrogens with zero attached hydrogens (tertiary/aromatic N) is 2. The van der Waals surface area contributed by atoms with Crippen LogP contribution in [-0.4, -0.2) is 70.8 Å². The number of imidazole rings is 1. The number of alkyl halides is 17. The van der Waals surface area contributed by atoms with E-state index in [1.54, 1.807) is 0 Å². The van der Waals surface area contributed by atoms with Crippen molar-refractivity contribution in [2.24, 2.45) is 0 Å². The maximum absolute atomic E-state index is 15.0. The van der Waals surface area contributed by atoms with Gasteiger partial charge in [-0.25, -0.2) is 4.57 Å². The number of unbranched alkanes of at least 4 members (excludes halogenated alkanes) is 5. The van der Waals surface area contributed by atoms with Gasteiger partial charge in [0, 0.05) is 5.75 Å². The zero-order chi connectivity index (χ0) is 36.4. The van der Waals surface area contributed by atoms with Crippen LogP contribution in [0, 0.1) is 0 Å². The van der Waals surface area contributed by atoms with Crippen LogP contribution in [-0.2, 0) is 22.7 Å². The van der Waals surface area contributed by atoms with Gasteiger partial charge in [0.25, 0.3) is 10.1 Å². The van der Waals surface area contributed by atoms with Crippen molar-refractivity contribution < 1.29 is 92.2 Å². The van der Waals surface area contributed by atoms with E-state index in [9.17, 15) is 74.3 Å². The van der Waals surface area contributed by atoms with Crippen LogP contribution in [0.3, 0.4) is 0 Å². The molecule has 0 spiro atoms. The Hall–Kier alpha value is -1.72. The number of hydrogen-bond acceptors (Lipinski definition) is 3. The van der Waals surface area contributed by atoms with Crippen molar-refractivity contribution in [2.45, 2.75) is 111 Å². The van der Waals surface area contributed by atoms with Crippen LogP contribution in [0.15, 0.2) is 17.6 Å². The minimum absolute atomic E-state index is 0.0177. The van der Waals surface area contributed by atoms with Crippen LogP contribution in [0.25, 0.3) is 0 Å². The van der Waals surface area contributed by atoms with Crippen molar-refractivity contribution in [1.82, 2.24) is 4.57 Å². The lowest BCUT2D eigenvalue weighted by atomic mass is 9.90. The highest BCUT2D eigenvalue weighted by atomic mass is 32.2. The van der Waals surface area contributed by atoms with Gasteiger partial charge in [-0.2, -0.15) is 87.6 Å². The smallest absolute Gasteiger partial charge is 0.286 e. The van der Waals surface area contributed by atoms with Crippen molar-refractivity contribution in [3.8, 4) is 0 Å². The molecule has 0 radical (unpaired) electrons. The Balaban J connectivity index is 3.65. The van der Waals surface area contributed by atoms with Gasteiger partial charge in [-0.05, 0) is 31.0 Å². The molecule has 0 bridgehead atoms. The van der Waals surface area contributed by atoms with E-state index in [4.69, 9.17) is 4.55 Å². The Labute approximate surface area is 254 Å². The SMILES string of the molecule is CCCCCCCC[n+]1ccn(C(F)(F)C(F)(F)C(F)(F)C(F)(F)C(F)(F)C(F)(F)C(F)(F)C(F)(F)F)c1SCCCS(=O)(=O)O. The van der Waals surface area contributed by atoms with Crippen LogP contribution in [0.4, 0.5) is 74.6 Å². The summed E-state index contributed by atoms with van der Waals surface area (Å²) in [5.41, 5.74) is 0. The lowest BCUT2D eigenvalue weighted by Crippen LogP contribution is -2.74. The molecule has 5 nitrogen and oxygen atoms in total. The van der Waals surface area contributed by atoms with Crippen molar-refractivity contribution in [1.29, 1.82) is 0 Å². The van der Waals surface area contributed by atoms with E-state index in [1.807, 2.05) is 6.92 Å². The van der Waals surface area contributed by atoms with Crippen molar-refractivity contribution in [2.75, 3.05) is 11.5 Å². The zero-order valence-corrected chi connectivity index (χ0v) is 24.8. The predicted octanol–water partition coefficient (Wildman–Crippen LogP) is 8.43. The molecule has 46 heavy (non-hydrogen) atoms. The lowest BCUT2D eigenvalue weighted by molar-refractivity contribution is -0.735. The Morgan fingerprint density at radius 2 is 1.11 bits per heavy atom. The molecule has 1 rings (SSSR count). The quantitative estimate of drug-likeness (QED) is 0.0507. The van der Waals surface area contributed by atoms with Gasteiger partial charge >= 0.3 is 52.9 Å². The van der Waals surface area contributed by atoms with Crippen LogP contribution < -0.4 is 4.57 Å². The van der Waals surface area contributed by atoms with E-state index in [1.165, 1.54) is 0 Å². The summed E-state index contributed by atoms with van der Waals surface area (Å²) in [5.74, 6) is -52.4. The predicted molar refractivity (Wildman–Crippen MR) is 126 cm³/mol. The number of aryl methyl sites for hydroxylation is 1. The molecule has 0 aliphatic carbocycles. The van der Waals surface area contributed by atoms with E-state index >= 15 is 8.78 Å². The highest BCUT2D eigenvalue weighted by Crippen LogP contribution is 2.64. The summed E-state index contributed by atoms with van der Waals surface area (Å²) >= 11 is -0.0177. The lowest BCUT2D eigenvalue weighted by Gasteiger charge is -2.42. The number of hydrogen-bond donors (Lipinski definition) is 1. The summed E-state index contributed by atoms with van der Waals surface area (Å²) in [6.45, 7) is 1.49. The standard InChI is InChI=1S/C22H25F17N2O3S2/c1-2-3-4-5-6-7-9-40-10-11-41(14(40)45-12-8-13-46(42,43)44)22(38,39)20(33,34)18(29,30)16(25,26)15(23,24)17(27,28)19(31,32)21(35,36)37/h10-11H,2-9,12-13H2,1H3/p+1. The van der Waals surface area contributed by atoms with Crippen molar-refractivity contribution in [3.63, 3.8) is 0 Å². The monoisotopic (exact) mass is 753 g/mol. The molecular weight excluding hydrogens is 727 g/mol. The molecule has 1 aromatic heterocycles. The Morgan fingerprint density at radius 3 is 1.57 bits per heavy atom. The fraction of sp³-hybridized carbons (Fsp3) is 0.864. The number of rotatable bonds is 19. The van der Waals surface area contributed by atoms with E-state index in [0.717, 1.165) is 12.8 Å². The third-order valence-electron chi connectivity index (χ3n) is 6.39. The van der Waals surface area contributed by atoms with Crippen LogP contribution in [0.5, 0.6) is 0 Å². The first-order chi connectivity index (χ1) is 20.4. The molecule has 0 aromatic carbocycles. The summed E-state index contributed by atoms with van der Waals surface area (Å²) in [6.07, 6.45) is -4.82. The molecule has 1 aromatic rings. The molecule has 0 atom stereocenters. The molecule has 272 valence electrons. The van der Waals surface area contributed by atoms with Gasteiger partial charge in [0.1, 0.15) is 12.4 Å². The van der Waals surface area contributed by atoms with Gasteiger partial charge < -0.3 is 0 Å². The maximum Gasteiger partial charge on any atom is 0.470 e. The molecular formula is C22H26F17N2O3S2+. The van der Waals surface area contributed by atoms with Gasteiger partial charge in [0.05, 0.1) is 12.3 Å². The molecule has 0 unspecified atom stereocenters. The largest absolute Gasteiger partial charge is 0.470 e. The first-order valence-corrected chi connectivity index (χ1v) is 15.4. The van der Waals surface area contributed by atoms with Gasteiger partial charge in [0.15, 0.2) is 0 Å². The van der Waals surface area contributed by atoms with Gasteiger partial charge in [-0.1, -0.05) is 32.6 Å². The summed E-state index contributed by atoms with van der Waals surface area (Å²) in [5, 5.41) is -1.24. The number of aromatic nitrogens is 2. The molecule has 0 aliphatic heterocycles. The highest BCUT2D eigenvalue weighted by molar-refractivity contribution is 7.99. The van der Waals surface area contributed by atoms with Gasteiger partial charge in [-0.15, -0.1) is 0 Å². The van der Waals surface area contributed by atoms with E-state index in [-0.39, 0.29) is 30.9 Å². The molecule has 1 N–H and O–H groups in total. The minimum atomic E-state index is -8.73. The fourth-order valence-electron chi connectivity index (χ4n) is 3.72. The molecule has 24 heteroatoms. The third-order valence-corrected chi connectivity index (χ3v) is 8.37. The van der Waals surface area contributed by atoms with Crippen molar-refractivity contribution in [3.05, 3.63) is 12.4 Å². The fourth-order valence-corrected chi connectivity index (χ4v) is 5.52. The molecule has 0 amide bonds. The Morgan fingerprint density at radius 1 is 0.674 bits per heavy atom. The Kier molecular flexibility index (Phi) is 12.9. The second-order valence-electron chi connectivity index (χ2n) is 9.89. The van der Waals surface area contributed by atoms with Crippen molar-refractivity contribution >= 4 is 21.9 Å². The summed E-state index contributed by atoms with van der Waals surface area (Å²) in [7, 11) is -4.68. The maximum atomic E-state index is 15.0. The minimum Gasteiger partial charge on any atom is -0.286 e. The normalized spacial score (nSPS) is 15.1. The van der Waals surface area contributed by atoms with Crippen LogP contribution in [0.1, 0.15) is 51.9 Å². The van der Waals surface area contributed by atoms with E-state index in [2.05, 4.69) is 0 Å². The molecule has 1 heterocycles. The summed E-state index contributed by atoms with van der Waals surface area (Å²) in [6, 6.07) is -6.82. The zero-order valence-electron chi connectivity index (χ0n) is 23.1.